The van der Waals surface area contributed by atoms with Crippen LogP contribution in [0.4, 0.5) is 5.69 Å². The number of unbranched alkanes of at least 4 members (excludes halogenated alkanes) is 1. The summed E-state index contributed by atoms with van der Waals surface area (Å²) in [5.74, 6) is -0.252. The minimum absolute atomic E-state index is 0.0735. The van der Waals surface area contributed by atoms with E-state index >= 15 is 0 Å². The molecule has 2 heterocycles. The number of amides is 1. The summed E-state index contributed by atoms with van der Waals surface area (Å²) in [5.41, 5.74) is 2.83. The molecule has 2 aromatic heterocycles. The molecule has 0 atom stereocenters. The lowest BCUT2D eigenvalue weighted by atomic mass is 10.1. The van der Waals surface area contributed by atoms with Crippen LogP contribution in [-0.2, 0) is 17.8 Å². The minimum Gasteiger partial charge on any atom is -0.325 e. The van der Waals surface area contributed by atoms with Crippen LogP contribution < -0.4 is 10.9 Å². The van der Waals surface area contributed by atoms with Crippen LogP contribution in [0.15, 0.2) is 71.8 Å². The molecular formula is C24H23N3O2S. The van der Waals surface area contributed by atoms with E-state index in [1.807, 2.05) is 60.7 Å². The number of aromatic nitrogens is 2. The first kappa shape index (κ1) is 20.0. The number of aryl methyl sites for hydroxylation is 1. The van der Waals surface area contributed by atoms with Crippen molar-refractivity contribution in [2.75, 3.05) is 5.32 Å². The maximum atomic E-state index is 12.9. The predicted molar refractivity (Wildman–Crippen MR) is 123 cm³/mol. The molecule has 6 heteroatoms. The lowest BCUT2D eigenvalue weighted by Crippen LogP contribution is -2.27. The van der Waals surface area contributed by atoms with Crippen molar-refractivity contribution in [2.24, 2.45) is 0 Å². The molecule has 0 aliphatic rings. The van der Waals surface area contributed by atoms with Gasteiger partial charge in [-0.05, 0) is 42.2 Å². The topological polar surface area (TPSA) is 64.0 Å². The molecule has 1 N–H and O–H groups in total. The molecule has 4 aromatic rings. The van der Waals surface area contributed by atoms with Crippen LogP contribution >= 0.6 is 11.3 Å². The van der Waals surface area contributed by atoms with Crippen molar-refractivity contribution in [1.29, 1.82) is 0 Å². The zero-order valence-electron chi connectivity index (χ0n) is 16.8. The Morgan fingerprint density at radius 1 is 1.10 bits per heavy atom. The number of anilines is 1. The van der Waals surface area contributed by atoms with Gasteiger partial charge in [-0.2, -0.15) is 0 Å². The summed E-state index contributed by atoms with van der Waals surface area (Å²) in [6, 6.07) is 19.6. The van der Waals surface area contributed by atoms with Crippen LogP contribution in [0.2, 0.25) is 0 Å². The van der Waals surface area contributed by atoms with Crippen LogP contribution in [-0.4, -0.2) is 15.5 Å². The molecule has 0 saturated carbocycles. The Kier molecular flexibility index (Phi) is 6.05. The molecule has 30 heavy (non-hydrogen) atoms. The van der Waals surface area contributed by atoms with Gasteiger partial charge < -0.3 is 5.32 Å². The standard InChI is InChI=1S/C24H23N3O2S/c1-2-3-7-17-10-12-19(13-11-17)26-22(28)15-27-16-25-23-20(24(27)29)14-21(30-23)18-8-5-4-6-9-18/h4-6,8-14,16H,2-3,7,15H2,1H3,(H,26,28). The molecular weight excluding hydrogens is 394 g/mol. The Balaban J connectivity index is 1.48. The summed E-state index contributed by atoms with van der Waals surface area (Å²) in [6.07, 6.45) is 4.79. The van der Waals surface area contributed by atoms with Crippen molar-refractivity contribution >= 4 is 33.1 Å². The molecule has 5 nitrogen and oxygen atoms in total. The Labute approximate surface area is 179 Å². The van der Waals surface area contributed by atoms with Crippen LogP contribution in [0.3, 0.4) is 0 Å². The highest BCUT2D eigenvalue weighted by Crippen LogP contribution is 2.30. The number of rotatable bonds is 7. The lowest BCUT2D eigenvalue weighted by molar-refractivity contribution is -0.116. The van der Waals surface area contributed by atoms with Crippen molar-refractivity contribution in [1.82, 2.24) is 9.55 Å². The van der Waals surface area contributed by atoms with E-state index in [0.29, 0.717) is 10.2 Å². The van der Waals surface area contributed by atoms with E-state index in [2.05, 4.69) is 17.2 Å². The summed E-state index contributed by atoms with van der Waals surface area (Å²) in [6.45, 7) is 2.09. The van der Waals surface area contributed by atoms with E-state index in [4.69, 9.17) is 0 Å². The Bertz CT molecular complexity index is 1210. The molecule has 0 bridgehead atoms. The number of carbonyl (C=O) groups excluding carboxylic acids is 1. The molecule has 1 amide bonds. The van der Waals surface area contributed by atoms with Crippen LogP contribution in [0.1, 0.15) is 25.3 Å². The Hall–Kier alpha value is -3.25. The highest BCUT2D eigenvalue weighted by Gasteiger charge is 2.12. The molecule has 0 radical (unpaired) electrons. The zero-order valence-corrected chi connectivity index (χ0v) is 17.6. The number of thiophene rings is 1. The van der Waals surface area contributed by atoms with E-state index in [0.717, 1.165) is 35.4 Å². The summed E-state index contributed by atoms with van der Waals surface area (Å²) in [4.78, 5) is 31.4. The van der Waals surface area contributed by atoms with E-state index < -0.39 is 0 Å². The molecule has 0 fully saturated rings. The first-order valence-corrected chi connectivity index (χ1v) is 10.9. The van der Waals surface area contributed by atoms with E-state index in [1.54, 1.807) is 0 Å². The maximum absolute atomic E-state index is 12.9. The summed E-state index contributed by atoms with van der Waals surface area (Å²) in [5, 5.41) is 3.39. The second kappa shape index (κ2) is 9.05. The quantitative estimate of drug-likeness (QED) is 0.455. The van der Waals surface area contributed by atoms with Crippen molar-refractivity contribution in [3.05, 3.63) is 82.9 Å². The molecule has 2 aromatic carbocycles. The first-order chi connectivity index (χ1) is 14.6. The van der Waals surface area contributed by atoms with Gasteiger partial charge in [0.25, 0.3) is 5.56 Å². The second-order valence-corrected chi connectivity index (χ2v) is 8.25. The minimum atomic E-state index is -0.252. The van der Waals surface area contributed by atoms with Gasteiger partial charge in [-0.25, -0.2) is 4.98 Å². The third-order valence-electron chi connectivity index (χ3n) is 4.95. The normalized spacial score (nSPS) is 11.0. The largest absolute Gasteiger partial charge is 0.325 e. The van der Waals surface area contributed by atoms with Gasteiger partial charge in [0.05, 0.1) is 11.7 Å². The van der Waals surface area contributed by atoms with Gasteiger partial charge >= 0.3 is 0 Å². The molecule has 0 spiro atoms. The number of benzene rings is 2. The van der Waals surface area contributed by atoms with E-state index in [9.17, 15) is 9.59 Å². The fourth-order valence-electron chi connectivity index (χ4n) is 3.31. The molecule has 0 unspecified atom stereocenters. The average molecular weight is 418 g/mol. The van der Waals surface area contributed by atoms with Crippen molar-refractivity contribution in [3.63, 3.8) is 0 Å². The third-order valence-corrected chi connectivity index (χ3v) is 6.04. The van der Waals surface area contributed by atoms with E-state index in [1.165, 1.54) is 27.8 Å². The zero-order chi connectivity index (χ0) is 20.9. The number of fused-ring (bicyclic) bond motifs is 1. The van der Waals surface area contributed by atoms with Crippen molar-refractivity contribution in [3.8, 4) is 10.4 Å². The Morgan fingerprint density at radius 2 is 1.87 bits per heavy atom. The lowest BCUT2D eigenvalue weighted by Gasteiger charge is -2.08. The number of hydrogen-bond donors (Lipinski definition) is 1. The molecule has 0 aliphatic carbocycles. The van der Waals surface area contributed by atoms with Crippen LogP contribution in [0.25, 0.3) is 20.7 Å². The summed E-state index contributed by atoms with van der Waals surface area (Å²) >= 11 is 1.48. The van der Waals surface area contributed by atoms with Gasteiger partial charge in [0, 0.05) is 10.6 Å². The summed E-state index contributed by atoms with van der Waals surface area (Å²) < 4.78 is 1.36. The van der Waals surface area contributed by atoms with Gasteiger partial charge in [0.15, 0.2) is 0 Å². The number of hydrogen-bond acceptors (Lipinski definition) is 4. The van der Waals surface area contributed by atoms with Gasteiger partial charge in [0.2, 0.25) is 5.91 Å². The number of nitrogens with one attached hydrogen (secondary N) is 1. The van der Waals surface area contributed by atoms with Crippen LogP contribution in [0, 0.1) is 0 Å². The van der Waals surface area contributed by atoms with Crippen molar-refractivity contribution in [2.45, 2.75) is 32.7 Å². The van der Waals surface area contributed by atoms with Crippen molar-refractivity contribution < 1.29 is 4.79 Å². The van der Waals surface area contributed by atoms with Gasteiger partial charge in [-0.15, -0.1) is 11.3 Å². The molecule has 0 saturated heterocycles. The highest BCUT2D eigenvalue weighted by atomic mass is 32.1. The first-order valence-electron chi connectivity index (χ1n) is 10.1. The fourth-order valence-corrected chi connectivity index (χ4v) is 4.30. The number of carbonyl (C=O) groups is 1. The van der Waals surface area contributed by atoms with Crippen LogP contribution in [0.5, 0.6) is 0 Å². The second-order valence-electron chi connectivity index (χ2n) is 7.22. The average Bonchev–Trinajstić information content (AvgIpc) is 3.21. The predicted octanol–water partition coefficient (Wildman–Crippen LogP) is 5.11. The fraction of sp³-hybridized carbons (Fsp3) is 0.208. The smallest absolute Gasteiger partial charge is 0.262 e. The molecule has 0 aliphatic heterocycles. The van der Waals surface area contributed by atoms with Gasteiger partial charge in [-0.1, -0.05) is 55.8 Å². The van der Waals surface area contributed by atoms with Gasteiger partial charge in [-0.3, -0.25) is 14.2 Å². The number of nitrogens with zero attached hydrogens (tertiary/aromatic N) is 2. The van der Waals surface area contributed by atoms with Gasteiger partial charge in [0.1, 0.15) is 11.4 Å². The third kappa shape index (κ3) is 4.49. The monoisotopic (exact) mass is 417 g/mol. The maximum Gasteiger partial charge on any atom is 0.262 e. The summed E-state index contributed by atoms with van der Waals surface area (Å²) in [7, 11) is 0. The molecule has 152 valence electrons. The van der Waals surface area contributed by atoms with E-state index in [-0.39, 0.29) is 18.0 Å². The highest BCUT2D eigenvalue weighted by molar-refractivity contribution is 7.21. The Morgan fingerprint density at radius 3 is 2.60 bits per heavy atom. The molecule has 4 rings (SSSR count). The SMILES string of the molecule is CCCCc1ccc(NC(=O)Cn2cnc3sc(-c4ccccc4)cc3c2=O)cc1.